The summed E-state index contributed by atoms with van der Waals surface area (Å²) in [6.45, 7) is 1.99. The SMILES string of the molecule is CNC1(CC(=O)Nc2cc(C)ccc2Cl)CCCCC1. The molecule has 2 rings (SSSR count). The summed E-state index contributed by atoms with van der Waals surface area (Å²) in [5.74, 6) is 0.0359. The van der Waals surface area contributed by atoms with Crippen molar-refractivity contribution in [3.8, 4) is 0 Å². The molecule has 1 aliphatic carbocycles. The van der Waals surface area contributed by atoms with Gasteiger partial charge in [0, 0.05) is 12.0 Å². The highest BCUT2D eigenvalue weighted by Gasteiger charge is 2.32. The average Bonchev–Trinajstić information content (AvgIpc) is 2.44. The third-order valence-corrected chi connectivity index (χ3v) is 4.57. The van der Waals surface area contributed by atoms with Crippen molar-refractivity contribution in [3.63, 3.8) is 0 Å². The molecule has 0 radical (unpaired) electrons. The largest absolute Gasteiger partial charge is 0.325 e. The van der Waals surface area contributed by atoms with Gasteiger partial charge in [-0.05, 0) is 44.5 Å². The maximum absolute atomic E-state index is 12.3. The van der Waals surface area contributed by atoms with Crippen molar-refractivity contribution in [2.45, 2.75) is 51.0 Å². The first kappa shape index (κ1) is 15.3. The number of hydrogen-bond acceptors (Lipinski definition) is 2. The van der Waals surface area contributed by atoms with Crippen molar-refractivity contribution >= 4 is 23.2 Å². The lowest BCUT2D eigenvalue weighted by atomic mass is 9.79. The van der Waals surface area contributed by atoms with Crippen LogP contribution < -0.4 is 10.6 Å². The molecule has 3 nitrogen and oxygen atoms in total. The van der Waals surface area contributed by atoms with Crippen LogP contribution in [0.3, 0.4) is 0 Å². The molecule has 0 aliphatic heterocycles. The molecule has 1 saturated carbocycles. The third kappa shape index (κ3) is 3.74. The van der Waals surface area contributed by atoms with Crippen LogP contribution in [0.25, 0.3) is 0 Å². The maximum Gasteiger partial charge on any atom is 0.226 e. The fraction of sp³-hybridized carbons (Fsp3) is 0.562. The van der Waals surface area contributed by atoms with Crippen LogP contribution in [0.1, 0.15) is 44.1 Å². The molecular formula is C16H23ClN2O. The number of carbonyl (C=O) groups is 1. The van der Waals surface area contributed by atoms with E-state index in [0.29, 0.717) is 17.1 Å². The smallest absolute Gasteiger partial charge is 0.226 e. The molecule has 0 atom stereocenters. The number of hydrogen-bond donors (Lipinski definition) is 2. The predicted molar refractivity (Wildman–Crippen MR) is 84.3 cm³/mol. The van der Waals surface area contributed by atoms with E-state index in [1.54, 1.807) is 0 Å². The Kier molecular flexibility index (Phi) is 5.06. The summed E-state index contributed by atoms with van der Waals surface area (Å²) in [5.41, 5.74) is 1.75. The quantitative estimate of drug-likeness (QED) is 0.884. The lowest BCUT2D eigenvalue weighted by Crippen LogP contribution is -2.47. The summed E-state index contributed by atoms with van der Waals surface area (Å²) in [4.78, 5) is 12.3. The second-order valence-corrected chi connectivity index (χ2v) is 6.21. The molecule has 1 aromatic rings. The van der Waals surface area contributed by atoms with Gasteiger partial charge in [-0.3, -0.25) is 4.79 Å². The highest BCUT2D eigenvalue weighted by molar-refractivity contribution is 6.33. The van der Waals surface area contributed by atoms with Gasteiger partial charge in [-0.15, -0.1) is 0 Å². The van der Waals surface area contributed by atoms with Crippen LogP contribution in [-0.4, -0.2) is 18.5 Å². The summed E-state index contributed by atoms with van der Waals surface area (Å²) in [7, 11) is 1.96. The Bertz CT molecular complexity index is 481. The molecule has 4 heteroatoms. The summed E-state index contributed by atoms with van der Waals surface area (Å²) in [6, 6.07) is 5.67. The van der Waals surface area contributed by atoms with E-state index in [-0.39, 0.29) is 11.4 Å². The Morgan fingerprint density at radius 3 is 2.65 bits per heavy atom. The van der Waals surface area contributed by atoms with E-state index in [9.17, 15) is 4.79 Å². The van der Waals surface area contributed by atoms with Crippen LogP contribution in [0.4, 0.5) is 5.69 Å². The molecule has 1 amide bonds. The summed E-state index contributed by atoms with van der Waals surface area (Å²) >= 11 is 6.12. The first-order valence-electron chi connectivity index (χ1n) is 7.30. The van der Waals surface area contributed by atoms with Crippen LogP contribution >= 0.6 is 11.6 Å². The molecular weight excluding hydrogens is 272 g/mol. The Labute approximate surface area is 126 Å². The van der Waals surface area contributed by atoms with Crippen molar-refractivity contribution in [1.29, 1.82) is 0 Å². The van der Waals surface area contributed by atoms with E-state index in [1.807, 2.05) is 32.2 Å². The zero-order chi connectivity index (χ0) is 14.6. The second kappa shape index (κ2) is 6.59. The molecule has 20 heavy (non-hydrogen) atoms. The number of amides is 1. The molecule has 0 bridgehead atoms. The molecule has 1 fully saturated rings. The topological polar surface area (TPSA) is 41.1 Å². The lowest BCUT2D eigenvalue weighted by Gasteiger charge is -2.36. The number of halogens is 1. The first-order chi connectivity index (χ1) is 9.54. The zero-order valence-corrected chi connectivity index (χ0v) is 13.0. The minimum Gasteiger partial charge on any atom is -0.325 e. The normalized spacial score (nSPS) is 17.8. The maximum atomic E-state index is 12.3. The number of carbonyl (C=O) groups excluding carboxylic acids is 1. The van der Waals surface area contributed by atoms with Gasteiger partial charge in [-0.1, -0.05) is 36.9 Å². The number of aryl methyl sites for hydroxylation is 1. The highest BCUT2D eigenvalue weighted by Crippen LogP contribution is 2.31. The minimum absolute atomic E-state index is 0.0359. The molecule has 0 saturated heterocycles. The van der Waals surface area contributed by atoms with Crippen molar-refractivity contribution in [1.82, 2.24) is 5.32 Å². The van der Waals surface area contributed by atoms with Crippen molar-refractivity contribution in [2.24, 2.45) is 0 Å². The Morgan fingerprint density at radius 2 is 2.00 bits per heavy atom. The average molecular weight is 295 g/mol. The van der Waals surface area contributed by atoms with Crippen molar-refractivity contribution in [3.05, 3.63) is 28.8 Å². The first-order valence-corrected chi connectivity index (χ1v) is 7.67. The zero-order valence-electron chi connectivity index (χ0n) is 12.3. The van der Waals surface area contributed by atoms with Crippen LogP contribution in [0.2, 0.25) is 5.02 Å². The third-order valence-electron chi connectivity index (χ3n) is 4.24. The summed E-state index contributed by atoms with van der Waals surface area (Å²) in [5, 5.41) is 6.90. The summed E-state index contributed by atoms with van der Waals surface area (Å²) < 4.78 is 0. The van der Waals surface area contributed by atoms with Gasteiger partial charge in [0.15, 0.2) is 0 Å². The monoisotopic (exact) mass is 294 g/mol. The van der Waals surface area contributed by atoms with Gasteiger partial charge in [0.25, 0.3) is 0 Å². The van der Waals surface area contributed by atoms with E-state index in [2.05, 4.69) is 10.6 Å². The molecule has 0 unspecified atom stereocenters. The number of rotatable bonds is 4. The van der Waals surface area contributed by atoms with Crippen LogP contribution in [0, 0.1) is 6.92 Å². The highest BCUT2D eigenvalue weighted by atomic mass is 35.5. The Hall–Kier alpha value is -1.06. The van der Waals surface area contributed by atoms with Crippen LogP contribution in [-0.2, 0) is 4.79 Å². The van der Waals surface area contributed by atoms with Gasteiger partial charge in [-0.2, -0.15) is 0 Å². The van der Waals surface area contributed by atoms with E-state index >= 15 is 0 Å². The van der Waals surface area contributed by atoms with E-state index < -0.39 is 0 Å². The molecule has 0 spiro atoms. The van der Waals surface area contributed by atoms with Gasteiger partial charge in [0.1, 0.15) is 0 Å². The number of benzene rings is 1. The molecule has 0 aromatic heterocycles. The molecule has 1 aliphatic rings. The van der Waals surface area contributed by atoms with E-state index in [0.717, 1.165) is 18.4 Å². The van der Waals surface area contributed by atoms with Gasteiger partial charge in [0.05, 0.1) is 10.7 Å². The molecule has 2 N–H and O–H groups in total. The fourth-order valence-corrected chi connectivity index (χ4v) is 3.15. The predicted octanol–water partition coefficient (Wildman–Crippen LogP) is 3.90. The number of nitrogens with one attached hydrogen (secondary N) is 2. The minimum atomic E-state index is -0.0430. The fourth-order valence-electron chi connectivity index (χ4n) is 2.98. The Balaban J connectivity index is 2.02. The van der Waals surface area contributed by atoms with E-state index in [4.69, 9.17) is 11.6 Å². The van der Waals surface area contributed by atoms with Crippen molar-refractivity contribution < 1.29 is 4.79 Å². The van der Waals surface area contributed by atoms with E-state index in [1.165, 1.54) is 19.3 Å². The van der Waals surface area contributed by atoms with Gasteiger partial charge >= 0.3 is 0 Å². The van der Waals surface area contributed by atoms with Gasteiger partial charge in [-0.25, -0.2) is 0 Å². The van der Waals surface area contributed by atoms with Crippen molar-refractivity contribution in [2.75, 3.05) is 12.4 Å². The lowest BCUT2D eigenvalue weighted by molar-refractivity contribution is -0.117. The van der Waals surface area contributed by atoms with Gasteiger partial charge in [0.2, 0.25) is 5.91 Å². The standard InChI is InChI=1S/C16H23ClN2O/c1-12-6-7-13(17)14(10-12)19-15(20)11-16(18-2)8-4-3-5-9-16/h6-7,10,18H,3-5,8-9,11H2,1-2H3,(H,19,20). The second-order valence-electron chi connectivity index (χ2n) is 5.80. The summed E-state index contributed by atoms with van der Waals surface area (Å²) in [6.07, 6.45) is 6.30. The van der Waals surface area contributed by atoms with Crippen LogP contribution in [0.5, 0.6) is 0 Å². The van der Waals surface area contributed by atoms with Gasteiger partial charge < -0.3 is 10.6 Å². The molecule has 110 valence electrons. The Morgan fingerprint density at radius 1 is 1.30 bits per heavy atom. The number of anilines is 1. The van der Waals surface area contributed by atoms with Crippen LogP contribution in [0.15, 0.2) is 18.2 Å². The molecule has 0 heterocycles. The molecule has 1 aromatic carbocycles.